The largest absolute Gasteiger partial charge is 0.378 e. The number of nitrogens with two attached hydrogens (primary N) is 1. The van der Waals surface area contributed by atoms with E-state index in [9.17, 15) is 9.59 Å². The Hall–Kier alpha value is -2.84. The van der Waals surface area contributed by atoms with Crippen molar-refractivity contribution in [3.63, 3.8) is 0 Å². The number of amides is 3. The number of anilines is 1. The molecule has 1 aromatic carbocycles. The van der Waals surface area contributed by atoms with Crippen LogP contribution in [-0.2, 0) is 16.1 Å². The summed E-state index contributed by atoms with van der Waals surface area (Å²) < 4.78 is 5.37. The fourth-order valence-electron chi connectivity index (χ4n) is 3.11. The maximum atomic E-state index is 12.5. The van der Waals surface area contributed by atoms with Crippen LogP contribution in [0, 0.1) is 0 Å². The average molecular weight is 418 g/mol. The van der Waals surface area contributed by atoms with Crippen LogP contribution in [0.15, 0.2) is 42.6 Å². The number of morpholine rings is 1. The molecule has 3 rings (SSSR count). The maximum absolute atomic E-state index is 12.5. The number of carbonyl (C=O) groups is 2. The van der Waals surface area contributed by atoms with E-state index in [1.165, 1.54) is 0 Å². The molecule has 0 saturated carbocycles. The van der Waals surface area contributed by atoms with Gasteiger partial charge in [-0.2, -0.15) is 0 Å². The summed E-state index contributed by atoms with van der Waals surface area (Å²) in [4.78, 5) is 30.4. The van der Waals surface area contributed by atoms with Crippen LogP contribution < -0.4 is 21.3 Å². The molecule has 0 spiro atoms. The van der Waals surface area contributed by atoms with Crippen molar-refractivity contribution in [3.05, 3.63) is 58.7 Å². The van der Waals surface area contributed by atoms with Crippen LogP contribution in [0.2, 0.25) is 5.02 Å². The van der Waals surface area contributed by atoms with Gasteiger partial charge in [0, 0.05) is 30.9 Å². The van der Waals surface area contributed by atoms with Crippen molar-refractivity contribution in [2.75, 3.05) is 31.2 Å². The first-order chi connectivity index (χ1) is 14.0. The first-order valence-electron chi connectivity index (χ1n) is 9.37. The third-order valence-corrected chi connectivity index (χ3v) is 4.87. The molecule has 9 heteroatoms. The average Bonchev–Trinajstić information content (AvgIpc) is 2.73. The van der Waals surface area contributed by atoms with Gasteiger partial charge < -0.3 is 26.0 Å². The first kappa shape index (κ1) is 20.9. The number of urea groups is 1. The zero-order chi connectivity index (χ0) is 20.6. The highest BCUT2D eigenvalue weighted by Gasteiger charge is 2.18. The number of nitrogens with one attached hydrogen (secondary N) is 2. The fraction of sp³-hybridized carbons (Fsp3) is 0.350. The van der Waals surface area contributed by atoms with E-state index in [0.29, 0.717) is 24.8 Å². The number of halogens is 1. The Labute approximate surface area is 174 Å². The second kappa shape index (κ2) is 10.1. The first-order valence-corrected chi connectivity index (χ1v) is 9.75. The molecule has 0 unspecified atom stereocenters. The Bertz CT molecular complexity index is 840. The number of benzene rings is 1. The molecule has 154 valence electrons. The van der Waals surface area contributed by atoms with Gasteiger partial charge >= 0.3 is 6.03 Å². The molecule has 1 aromatic heterocycles. The molecule has 0 aliphatic carbocycles. The van der Waals surface area contributed by atoms with Crippen LogP contribution in [0.5, 0.6) is 0 Å². The number of carbonyl (C=O) groups excluding carboxylic acids is 2. The molecule has 1 aliphatic rings. The van der Waals surface area contributed by atoms with E-state index in [0.717, 1.165) is 30.0 Å². The molecule has 1 fully saturated rings. The standard InChI is InChI=1S/C20H24ClN5O3/c21-16-3-1-15(2-4-16)17(25-20(22)28)12-19(27)24-13-14-5-6-23-18(11-14)26-7-9-29-10-8-26/h1-6,11,17H,7-10,12-13H2,(H,24,27)(H3,22,25,28)/t17-/m1/s1. The number of hydrogen-bond acceptors (Lipinski definition) is 5. The van der Waals surface area contributed by atoms with E-state index in [2.05, 4.69) is 20.5 Å². The molecular formula is C20H24ClN5O3. The van der Waals surface area contributed by atoms with E-state index >= 15 is 0 Å². The van der Waals surface area contributed by atoms with Crippen molar-refractivity contribution >= 4 is 29.4 Å². The van der Waals surface area contributed by atoms with Crippen LogP contribution in [-0.4, -0.2) is 43.2 Å². The molecule has 0 radical (unpaired) electrons. The lowest BCUT2D eigenvalue weighted by Crippen LogP contribution is -2.37. The van der Waals surface area contributed by atoms with Gasteiger partial charge in [0.15, 0.2) is 0 Å². The van der Waals surface area contributed by atoms with E-state index < -0.39 is 12.1 Å². The van der Waals surface area contributed by atoms with Crippen LogP contribution in [0.3, 0.4) is 0 Å². The normalized spacial score (nSPS) is 14.9. The van der Waals surface area contributed by atoms with Crippen LogP contribution >= 0.6 is 11.6 Å². The molecule has 0 bridgehead atoms. The minimum Gasteiger partial charge on any atom is -0.378 e. The highest BCUT2D eigenvalue weighted by Crippen LogP contribution is 2.20. The second-order valence-electron chi connectivity index (χ2n) is 6.72. The predicted molar refractivity (Wildman–Crippen MR) is 111 cm³/mol. The maximum Gasteiger partial charge on any atom is 0.312 e. The van der Waals surface area contributed by atoms with Crippen molar-refractivity contribution in [3.8, 4) is 0 Å². The number of aromatic nitrogens is 1. The molecule has 29 heavy (non-hydrogen) atoms. The van der Waals surface area contributed by atoms with Gasteiger partial charge in [0.25, 0.3) is 0 Å². The van der Waals surface area contributed by atoms with Gasteiger partial charge in [0.1, 0.15) is 5.82 Å². The summed E-state index contributed by atoms with van der Waals surface area (Å²) in [6.45, 7) is 3.32. The monoisotopic (exact) mass is 417 g/mol. The Morgan fingerprint density at radius 3 is 2.62 bits per heavy atom. The van der Waals surface area contributed by atoms with Crippen LogP contribution in [0.1, 0.15) is 23.6 Å². The fourth-order valence-corrected chi connectivity index (χ4v) is 3.24. The van der Waals surface area contributed by atoms with E-state index in [1.54, 1.807) is 30.5 Å². The topological polar surface area (TPSA) is 110 Å². The van der Waals surface area contributed by atoms with Gasteiger partial charge in [0.2, 0.25) is 5.91 Å². The van der Waals surface area contributed by atoms with Gasteiger partial charge in [-0.25, -0.2) is 9.78 Å². The van der Waals surface area contributed by atoms with E-state index in [-0.39, 0.29) is 12.3 Å². The number of ether oxygens (including phenoxy) is 1. The summed E-state index contributed by atoms with van der Waals surface area (Å²) >= 11 is 5.91. The van der Waals surface area contributed by atoms with Gasteiger partial charge in [-0.1, -0.05) is 23.7 Å². The summed E-state index contributed by atoms with van der Waals surface area (Å²) in [6.07, 6.45) is 1.80. The van der Waals surface area contributed by atoms with Crippen molar-refractivity contribution < 1.29 is 14.3 Å². The molecule has 2 heterocycles. The second-order valence-corrected chi connectivity index (χ2v) is 7.15. The molecule has 2 aromatic rings. The summed E-state index contributed by atoms with van der Waals surface area (Å²) in [5, 5.41) is 6.06. The van der Waals surface area contributed by atoms with Gasteiger partial charge in [0.05, 0.1) is 25.7 Å². The Kier molecular flexibility index (Phi) is 7.26. The number of rotatable bonds is 7. The lowest BCUT2D eigenvalue weighted by molar-refractivity contribution is -0.121. The third-order valence-electron chi connectivity index (χ3n) is 4.61. The van der Waals surface area contributed by atoms with Gasteiger partial charge in [-0.05, 0) is 35.4 Å². The molecule has 3 amide bonds. The smallest absolute Gasteiger partial charge is 0.312 e. The lowest BCUT2D eigenvalue weighted by Gasteiger charge is -2.28. The molecule has 1 atom stereocenters. The van der Waals surface area contributed by atoms with Crippen LogP contribution in [0.25, 0.3) is 0 Å². The number of pyridine rings is 1. The zero-order valence-corrected chi connectivity index (χ0v) is 16.7. The summed E-state index contributed by atoms with van der Waals surface area (Å²) in [7, 11) is 0. The summed E-state index contributed by atoms with van der Waals surface area (Å²) in [5.74, 6) is 0.665. The zero-order valence-electron chi connectivity index (χ0n) is 15.9. The highest BCUT2D eigenvalue weighted by atomic mass is 35.5. The van der Waals surface area contributed by atoms with Crippen molar-refractivity contribution in [2.24, 2.45) is 5.73 Å². The predicted octanol–water partition coefficient (Wildman–Crippen LogP) is 1.99. The number of nitrogens with zero attached hydrogens (tertiary/aromatic N) is 2. The Morgan fingerprint density at radius 2 is 1.93 bits per heavy atom. The Balaban J connectivity index is 1.58. The van der Waals surface area contributed by atoms with Crippen molar-refractivity contribution in [1.82, 2.24) is 15.6 Å². The Morgan fingerprint density at radius 1 is 1.21 bits per heavy atom. The van der Waals surface area contributed by atoms with Gasteiger partial charge in [-0.3, -0.25) is 4.79 Å². The minimum atomic E-state index is -0.693. The van der Waals surface area contributed by atoms with E-state index in [1.807, 2.05) is 12.1 Å². The van der Waals surface area contributed by atoms with Crippen molar-refractivity contribution in [2.45, 2.75) is 19.0 Å². The number of primary amides is 1. The highest BCUT2D eigenvalue weighted by molar-refractivity contribution is 6.30. The molecule has 1 saturated heterocycles. The molecule has 4 N–H and O–H groups in total. The summed E-state index contributed by atoms with van der Waals surface area (Å²) in [5.41, 5.74) is 6.96. The van der Waals surface area contributed by atoms with Crippen LogP contribution in [0.4, 0.5) is 10.6 Å². The van der Waals surface area contributed by atoms with Gasteiger partial charge in [-0.15, -0.1) is 0 Å². The lowest BCUT2D eigenvalue weighted by atomic mass is 10.0. The number of hydrogen-bond donors (Lipinski definition) is 3. The van der Waals surface area contributed by atoms with E-state index in [4.69, 9.17) is 22.1 Å². The minimum absolute atomic E-state index is 0.0615. The quantitative estimate of drug-likeness (QED) is 0.638. The molecule has 1 aliphatic heterocycles. The third kappa shape index (κ3) is 6.33. The molecule has 8 nitrogen and oxygen atoms in total. The molecular weight excluding hydrogens is 394 g/mol. The summed E-state index contributed by atoms with van der Waals surface area (Å²) in [6, 6.07) is 9.52. The SMILES string of the molecule is NC(=O)N[C@H](CC(=O)NCc1ccnc(N2CCOCC2)c1)c1ccc(Cl)cc1. The van der Waals surface area contributed by atoms with Crippen molar-refractivity contribution in [1.29, 1.82) is 0 Å².